The standard InChI is InChI=1S/C27H29ClN2O2/c1-2-16-29-27(32)25(18-21-10-5-3-6-11-21)30(20-23-14-9-15-24(28)17-23)26(31)19-22-12-7-4-8-13-22/h3-15,17,25H,2,16,18-20H2,1H3,(H,29,32). The van der Waals surface area contributed by atoms with Crippen molar-refractivity contribution in [1.82, 2.24) is 10.2 Å². The Morgan fingerprint density at radius 1 is 0.875 bits per heavy atom. The second kappa shape index (κ2) is 12.1. The van der Waals surface area contributed by atoms with Gasteiger partial charge in [0.05, 0.1) is 6.42 Å². The van der Waals surface area contributed by atoms with Gasteiger partial charge in [-0.1, -0.05) is 91.3 Å². The lowest BCUT2D eigenvalue weighted by molar-refractivity contribution is -0.140. The van der Waals surface area contributed by atoms with Gasteiger partial charge in [0, 0.05) is 24.5 Å². The van der Waals surface area contributed by atoms with Gasteiger partial charge in [0.1, 0.15) is 6.04 Å². The third-order valence-electron chi connectivity index (χ3n) is 5.26. The molecule has 0 aliphatic rings. The smallest absolute Gasteiger partial charge is 0.243 e. The Morgan fingerprint density at radius 2 is 1.50 bits per heavy atom. The number of nitrogens with zero attached hydrogens (tertiary/aromatic N) is 1. The van der Waals surface area contributed by atoms with Gasteiger partial charge < -0.3 is 10.2 Å². The van der Waals surface area contributed by atoms with Crippen molar-refractivity contribution in [2.45, 2.75) is 38.8 Å². The summed E-state index contributed by atoms with van der Waals surface area (Å²) in [5.74, 6) is -0.233. The summed E-state index contributed by atoms with van der Waals surface area (Å²) in [6.45, 7) is 2.89. The highest BCUT2D eigenvalue weighted by atomic mass is 35.5. The molecule has 2 amide bonds. The normalized spacial score (nSPS) is 11.6. The van der Waals surface area contributed by atoms with Crippen LogP contribution >= 0.6 is 11.6 Å². The molecule has 0 radical (unpaired) electrons. The van der Waals surface area contributed by atoms with Crippen molar-refractivity contribution in [3.63, 3.8) is 0 Å². The third kappa shape index (κ3) is 6.96. The molecular weight excluding hydrogens is 420 g/mol. The first-order valence-corrected chi connectivity index (χ1v) is 11.3. The van der Waals surface area contributed by atoms with Crippen LogP contribution in [0.1, 0.15) is 30.0 Å². The molecule has 1 N–H and O–H groups in total. The second-order valence-corrected chi connectivity index (χ2v) is 8.25. The Kier molecular flexibility index (Phi) is 8.88. The topological polar surface area (TPSA) is 49.4 Å². The molecule has 3 aromatic carbocycles. The Labute approximate surface area is 195 Å². The van der Waals surface area contributed by atoms with Gasteiger partial charge in [-0.05, 0) is 35.2 Å². The summed E-state index contributed by atoms with van der Waals surface area (Å²) in [5, 5.41) is 3.59. The van der Waals surface area contributed by atoms with Crippen LogP contribution in [-0.4, -0.2) is 29.3 Å². The van der Waals surface area contributed by atoms with E-state index in [-0.39, 0.29) is 18.2 Å². The van der Waals surface area contributed by atoms with E-state index in [1.165, 1.54) is 0 Å². The molecule has 0 bridgehead atoms. The fourth-order valence-electron chi connectivity index (χ4n) is 3.62. The molecule has 1 unspecified atom stereocenters. The highest BCUT2D eigenvalue weighted by Crippen LogP contribution is 2.18. The number of carbonyl (C=O) groups excluding carboxylic acids is 2. The second-order valence-electron chi connectivity index (χ2n) is 7.81. The average molecular weight is 449 g/mol. The number of carbonyl (C=O) groups is 2. The van der Waals surface area contributed by atoms with Crippen molar-refractivity contribution >= 4 is 23.4 Å². The van der Waals surface area contributed by atoms with E-state index in [2.05, 4.69) is 5.32 Å². The van der Waals surface area contributed by atoms with Crippen molar-refractivity contribution in [3.8, 4) is 0 Å². The average Bonchev–Trinajstić information content (AvgIpc) is 2.81. The predicted octanol–water partition coefficient (Wildman–Crippen LogP) is 5.05. The van der Waals surface area contributed by atoms with E-state index in [1.54, 1.807) is 11.0 Å². The molecule has 3 rings (SSSR count). The number of hydrogen-bond acceptors (Lipinski definition) is 2. The van der Waals surface area contributed by atoms with Crippen LogP contribution in [0.3, 0.4) is 0 Å². The molecule has 4 nitrogen and oxygen atoms in total. The van der Waals surface area contributed by atoms with Crippen LogP contribution in [0.15, 0.2) is 84.9 Å². The Morgan fingerprint density at radius 3 is 2.12 bits per heavy atom. The largest absolute Gasteiger partial charge is 0.354 e. The summed E-state index contributed by atoms with van der Waals surface area (Å²) in [6.07, 6.45) is 1.50. The number of amides is 2. The maximum Gasteiger partial charge on any atom is 0.243 e. The number of benzene rings is 3. The molecule has 5 heteroatoms. The fraction of sp³-hybridized carbons (Fsp3) is 0.259. The highest BCUT2D eigenvalue weighted by molar-refractivity contribution is 6.30. The molecule has 32 heavy (non-hydrogen) atoms. The van der Waals surface area contributed by atoms with Crippen LogP contribution in [0, 0.1) is 0 Å². The first-order valence-electron chi connectivity index (χ1n) is 11.0. The van der Waals surface area contributed by atoms with Crippen molar-refractivity contribution in [1.29, 1.82) is 0 Å². The zero-order chi connectivity index (χ0) is 22.8. The van der Waals surface area contributed by atoms with E-state index in [9.17, 15) is 9.59 Å². The number of nitrogens with one attached hydrogen (secondary N) is 1. The van der Waals surface area contributed by atoms with Gasteiger partial charge in [-0.15, -0.1) is 0 Å². The molecular formula is C27H29ClN2O2. The van der Waals surface area contributed by atoms with Crippen LogP contribution in [0.5, 0.6) is 0 Å². The van der Waals surface area contributed by atoms with Gasteiger partial charge in [0.25, 0.3) is 0 Å². The number of halogens is 1. The molecule has 0 saturated carbocycles. The van der Waals surface area contributed by atoms with Crippen LogP contribution in [-0.2, 0) is 29.0 Å². The zero-order valence-electron chi connectivity index (χ0n) is 18.3. The molecule has 3 aromatic rings. The van der Waals surface area contributed by atoms with Gasteiger partial charge in [0.2, 0.25) is 11.8 Å². The minimum Gasteiger partial charge on any atom is -0.354 e. The lowest BCUT2D eigenvalue weighted by atomic mass is 10.0. The predicted molar refractivity (Wildman–Crippen MR) is 129 cm³/mol. The fourth-order valence-corrected chi connectivity index (χ4v) is 3.84. The van der Waals surface area contributed by atoms with Crippen LogP contribution < -0.4 is 5.32 Å². The van der Waals surface area contributed by atoms with Gasteiger partial charge in [-0.3, -0.25) is 9.59 Å². The van der Waals surface area contributed by atoms with Crippen molar-refractivity contribution in [2.75, 3.05) is 6.54 Å². The summed E-state index contributed by atoms with van der Waals surface area (Å²) in [4.78, 5) is 28.4. The number of hydrogen-bond donors (Lipinski definition) is 1. The van der Waals surface area contributed by atoms with E-state index >= 15 is 0 Å². The molecule has 1 atom stereocenters. The van der Waals surface area contributed by atoms with Crippen molar-refractivity contribution in [2.24, 2.45) is 0 Å². The van der Waals surface area contributed by atoms with Crippen LogP contribution in [0.4, 0.5) is 0 Å². The zero-order valence-corrected chi connectivity index (χ0v) is 19.1. The quantitative estimate of drug-likeness (QED) is 0.472. The van der Waals surface area contributed by atoms with Gasteiger partial charge in [-0.2, -0.15) is 0 Å². The lowest BCUT2D eigenvalue weighted by Crippen LogP contribution is -2.51. The minimum absolute atomic E-state index is 0.0937. The van der Waals surface area contributed by atoms with E-state index in [0.29, 0.717) is 24.5 Å². The molecule has 0 aromatic heterocycles. The summed E-state index contributed by atoms with van der Waals surface area (Å²) >= 11 is 6.20. The van der Waals surface area contributed by atoms with Crippen LogP contribution in [0.2, 0.25) is 5.02 Å². The van der Waals surface area contributed by atoms with E-state index < -0.39 is 6.04 Å². The maximum absolute atomic E-state index is 13.5. The van der Waals surface area contributed by atoms with Crippen molar-refractivity contribution < 1.29 is 9.59 Å². The molecule has 0 aliphatic carbocycles. The molecule has 0 spiro atoms. The summed E-state index contributed by atoms with van der Waals surface area (Å²) < 4.78 is 0. The summed E-state index contributed by atoms with van der Waals surface area (Å²) in [7, 11) is 0. The first kappa shape index (κ1) is 23.6. The minimum atomic E-state index is -0.626. The van der Waals surface area contributed by atoms with Crippen molar-refractivity contribution in [3.05, 3.63) is 107 Å². The Bertz CT molecular complexity index is 1010. The van der Waals surface area contributed by atoms with E-state index in [0.717, 1.165) is 23.1 Å². The number of rotatable bonds is 10. The van der Waals surface area contributed by atoms with Gasteiger partial charge in [0.15, 0.2) is 0 Å². The Balaban J connectivity index is 1.94. The molecule has 0 fully saturated rings. The molecule has 0 aliphatic heterocycles. The maximum atomic E-state index is 13.5. The third-order valence-corrected chi connectivity index (χ3v) is 5.50. The molecule has 0 saturated heterocycles. The highest BCUT2D eigenvalue weighted by Gasteiger charge is 2.30. The van der Waals surface area contributed by atoms with Gasteiger partial charge in [-0.25, -0.2) is 0 Å². The SMILES string of the molecule is CCCNC(=O)C(Cc1ccccc1)N(Cc1cccc(Cl)c1)C(=O)Cc1ccccc1. The lowest BCUT2D eigenvalue weighted by Gasteiger charge is -2.31. The van der Waals surface area contributed by atoms with Gasteiger partial charge >= 0.3 is 0 Å². The Hall–Kier alpha value is -3.11. The molecule has 166 valence electrons. The first-order chi connectivity index (χ1) is 15.6. The van der Waals surface area contributed by atoms with Crippen LogP contribution in [0.25, 0.3) is 0 Å². The summed E-state index contributed by atoms with van der Waals surface area (Å²) in [6, 6.07) is 26.2. The van der Waals surface area contributed by atoms with E-state index in [4.69, 9.17) is 11.6 Å². The van der Waals surface area contributed by atoms with E-state index in [1.807, 2.05) is 85.8 Å². The monoisotopic (exact) mass is 448 g/mol. The summed E-state index contributed by atoms with van der Waals surface area (Å²) in [5.41, 5.74) is 2.81. The molecule has 0 heterocycles.